The Bertz CT molecular complexity index is 2170. The van der Waals surface area contributed by atoms with Crippen LogP contribution in [0, 0.1) is 0 Å². The average Bonchev–Trinajstić information content (AvgIpc) is 3.62. The van der Waals surface area contributed by atoms with Gasteiger partial charge in [-0.2, -0.15) is 0 Å². The van der Waals surface area contributed by atoms with E-state index in [9.17, 15) is 14.4 Å². The number of aromatic nitrogens is 4. The molecular weight excluding hydrogens is 662 g/mol. The van der Waals surface area contributed by atoms with E-state index in [0.717, 1.165) is 33.8 Å². The summed E-state index contributed by atoms with van der Waals surface area (Å²) in [5.41, 5.74) is 5.92. The van der Waals surface area contributed by atoms with E-state index in [1.807, 2.05) is 66.7 Å². The van der Waals surface area contributed by atoms with Crippen molar-refractivity contribution in [3.63, 3.8) is 0 Å². The standard InChI is InChI=1S/C39H37N7O6/c1-45(2)39(50)26-9-14-33(41-19-26)32-17-27(30-15-16-40-36-31(30)18-34(44-36)38(49)43-21-35(47)48)20-42-37(32)46(22-24-5-10-28(51-3)11-6-24)23-25-7-12-29(52-4)13-8-25/h5-20H,21-23H2,1-4H3,(H,40,44)(H,43,49)(H,47,48). The Morgan fingerprint density at radius 1 is 0.788 bits per heavy atom. The monoisotopic (exact) mass is 699 g/mol. The Morgan fingerprint density at radius 2 is 1.44 bits per heavy atom. The second-order valence-electron chi connectivity index (χ2n) is 12.2. The molecule has 4 aromatic heterocycles. The van der Waals surface area contributed by atoms with Crippen LogP contribution in [0.25, 0.3) is 33.4 Å². The third kappa shape index (κ3) is 7.83. The highest BCUT2D eigenvalue weighted by Crippen LogP contribution is 2.36. The summed E-state index contributed by atoms with van der Waals surface area (Å²) < 4.78 is 10.8. The first-order valence-electron chi connectivity index (χ1n) is 16.3. The second kappa shape index (κ2) is 15.4. The molecule has 0 saturated carbocycles. The zero-order valence-corrected chi connectivity index (χ0v) is 29.1. The number of carboxylic acid groups (broad SMARTS) is 1. The fourth-order valence-electron chi connectivity index (χ4n) is 5.74. The van der Waals surface area contributed by atoms with Crippen LogP contribution in [-0.4, -0.2) is 82.6 Å². The van der Waals surface area contributed by atoms with E-state index in [-0.39, 0.29) is 11.6 Å². The molecule has 0 aliphatic heterocycles. The molecule has 0 aliphatic carbocycles. The molecule has 13 nitrogen and oxygen atoms in total. The van der Waals surface area contributed by atoms with Crippen LogP contribution >= 0.6 is 0 Å². The van der Waals surface area contributed by atoms with Crippen LogP contribution in [0.1, 0.15) is 32.0 Å². The van der Waals surface area contributed by atoms with Gasteiger partial charge in [0.1, 0.15) is 35.2 Å². The van der Waals surface area contributed by atoms with Gasteiger partial charge in [-0.25, -0.2) is 9.97 Å². The lowest BCUT2D eigenvalue weighted by molar-refractivity contribution is -0.135. The maximum absolute atomic E-state index is 12.7. The van der Waals surface area contributed by atoms with Crippen molar-refractivity contribution in [3.05, 3.63) is 120 Å². The van der Waals surface area contributed by atoms with Crippen molar-refractivity contribution in [1.29, 1.82) is 0 Å². The molecule has 2 amide bonds. The van der Waals surface area contributed by atoms with Crippen molar-refractivity contribution in [2.75, 3.05) is 39.8 Å². The lowest BCUT2D eigenvalue weighted by Crippen LogP contribution is -2.29. The second-order valence-corrected chi connectivity index (χ2v) is 12.2. The third-order valence-corrected chi connectivity index (χ3v) is 8.41. The maximum atomic E-state index is 12.7. The van der Waals surface area contributed by atoms with E-state index < -0.39 is 18.4 Å². The van der Waals surface area contributed by atoms with Crippen molar-refractivity contribution in [3.8, 4) is 33.9 Å². The zero-order chi connectivity index (χ0) is 36.8. The van der Waals surface area contributed by atoms with Gasteiger partial charge in [-0.05, 0) is 71.3 Å². The number of benzene rings is 2. The summed E-state index contributed by atoms with van der Waals surface area (Å²) in [6, 6.07) is 24.7. The van der Waals surface area contributed by atoms with E-state index in [4.69, 9.17) is 24.5 Å². The number of nitrogens with zero attached hydrogens (tertiary/aromatic N) is 5. The first kappa shape index (κ1) is 35.1. The molecule has 0 spiro atoms. The highest BCUT2D eigenvalue weighted by Gasteiger charge is 2.21. The Balaban J connectivity index is 1.48. The number of aromatic amines is 1. The first-order chi connectivity index (χ1) is 25.1. The number of H-pyrrole nitrogens is 1. The molecule has 264 valence electrons. The number of methoxy groups -OCH3 is 2. The summed E-state index contributed by atoms with van der Waals surface area (Å²) in [6.07, 6.45) is 4.95. The number of amides is 2. The summed E-state index contributed by atoms with van der Waals surface area (Å²) in [4.78, 5) is 57.3. The number of nitrogens with one attached hydrogen (secondary N) is 2. The van der Waals surface area contributed by atoms with Gasteiger partial charge in [0.15, 0.2) is 0 Å². The van der Waals surface area contributed by atoms with Crippen LogP contribution < -0.4 is 19.7 Å². The highest BCUT2D eigenvalue weighted by molar-refractivity contribution is 6.02. The minimum Gasteiger partial charge on any atom is -0.497 e. The van der Waals surface area contributed by atoms with E-state index in [2.05, 4.69) is 20.2 Å². The topological polar surface area (TPSA) is 163 Å². The van der Waals surface area contributed by atoms with Crippen molar-refractivity contribution < 1.29 is 29.0 Å². The van der Waals surface area contributed by atoms with Gasteiger partial charge in [-0.3, -0.25) is 19.4 Å². The first-order valence-corrected chi connectivity index (χ1v) is 16.3. The maximum Gasteiger partial charge on any atom is 0.322 e. The smallest absolute Gasteiger partial charge is 0.322 e. The number of carboxylic acids is 1. The summed E-state index contributed by atoms with van der Waals surface area (Å²) in [5.74, 6) is 0.277. The molecule has 4 heterocycles. The molecule has 6 aromatic rings. The van der Waals surface area contributed by atoms with Crippen LogP contribution in [0.5, 0.6) is 11.5 Å². The Labute approximate surface area is 299 Å². The fraction of sp³-hybridized carbons (Fsp3) is 0.179. The molecule has 0 saturated heterocycles. The number of anilines is 1. The molecule has 0 bridgehead atoms. The van der Waals surface area contributed by atoms with Gasteiger partial charge in [0, 0.05) is 62.3 Å². The third-order valence-electron chi connectivity index (χ3n) is 8.41. The minimum atomic E-state index is -1.15. The summed E-state index contributed by atoms with van der Waals surface area (Å²) in [6.45, 7) is 0.482. The number of carbonyl (C=O) groups is 3. The number of fused-ring (bicyclic) bond motifs is 1. The largest absolute Gasteiger partial charge is 0.497 e. The fourth-order valence-corrected chi connectivity index (χ4v) is 5.74. The normalized spacial score (nSPS) is 10.8. The van der Waals surface area contributed by atoms with Gasteiger partial charge in [-0.1, -0.05) is 24.3 Å². The van der Waals surface area contributed by atoms with E-state index >= 15 is 0 Å². The Hall–Kier alpha value is -6.76. The van der Waals surface area contributed by atoms with Gasteiger partial charge in [0.25, 0.3) is 11.8 Å². The van der Waals surface area contributed by atoms with Gasteiger partial charge >= 0.3 is 5.97 Å². The van der Waals surface area contributed by atoms with Gasteiger partial charge < -0.3 is 34.7 Å². The van der Waals surface area contributed by atoms with E-state index in [0.29, 0.717) is 46.8 Å². The van der Waals surface area contributed by atoms with Crippen LogP contribution in [0.2, 0.25) is 0 Å². The summed E-state index contributed by atoms with van der Waals surface area (Å²) in [7, 11) is 6.64. The van der Waals surface area contributed by atoms with Crippen LogP contribution in [0.4, 0.5) is 5.82 Å². The number of aliphatic carboxylic acids is 1. The van der Waals surface area contributed by atoms with Crippen LogP contribution in [0.15, 0.2) is 97.5 Å². The Kier molecular flexibility index (Phi) is 10.4. The molecule has 0 radical (unpaired) electrons. The average molecular weight is 700 g/mol. The molecular formula is C39H37N7O6. The lowest BCUT2D eigenvalue weighted by Gasteiger charge is -2.27. The summed E-state index contributed by atoms with van der Waals surface area (Å²) in [5, 5.41) is 12.0. The number of hydrogen-bond donors (Lipinski definition) is 3. The van der Waals surface area contributed by atoms with Gasteiger partial charge in [0.05, 0.1) is 25.5 Å². The van der Waals surface area contributed by atoms with Crippen LogP contribution in [-0.2, 0) is 17.9 Å². The molecule has 52 heavy (non-hydrogen) atoms. The number of carbonyl (C=O) groups excluding carboxylic acids is 2. The van der Waals surface area contributed by atoms with E-state index in [1.165, 1.54) is 4.90 Å². The molecule has 13 heteroatoms. The SMILES string of the molecule is COc1ccc(CN(Cc2ccc(OC)cc2)c2ncc(-c3ccnc4[nH]c(C(=O)NCC(=O)O)cc34)cc2-c2ccc(C(=O)N(C)C)cn2)cc1. The molecule has 0 atom stereocenters. The summed E-state index contributed by atoms with van der Waals surface area (Å²) >= 11 is 0. The quantitative estimate of drug-likeness (QED) is 0.142. The number of hydrogen-bond acceptors (Lipinski definition) is 9. The van der Waals surface area contributed by atoms with Crippen molar-refractivity contribution >= 4 is 34.6 Å². The molecule has 0 fully saturated rings. The number of rotatable bonds is 13. The number of ether oxygens (including phenoxy) is 2. The molecule has 0 unspecified atom stereocenters. The van der Waals surface area contributed by atoms with Crippen molar-refractivity contribution in [2.24, 2.45) is 0 Å². The van der Waals surface area contributed by atoms with Crippen molar-refractivity contribution in [2.45, 2.75) is 13.1 Å². The molecule has 2 aromatic carbocycles. The molecule has 3 N–H and O–H groups in total. The highest BCUT2D eigenvalue weighted by atomic mass is 16.5. The molecule has 0 aliphatic rings. The lowest BCUT2D eigenvalue weighted by atomic mass is 10.0. The predicted molar refractivity (Wildman–Crippen MR) is 196 cm³/mol. The van der Waals surface area contributed by atoms with E-state index in [1.54, 1.807) is 59.0 Å². The number of pyridine rings is 3. The molecule has 6 rings (SSSR count). The predicted octanol–water partition coefficient (Wildman–Crippen LogP) is 5.43. The van der Waals surface area contributed by atoms with Gasteiger partial charge in [-0.15, -0.1) is 0 Å². The van der Waals surface area contributed by atoms with Gasteiger partial charge in [0.2, 0.25) is 0 Å². The van der Waals surface area contributed by atoms with Crippen molar-refractivity contribution in [1.82, 2.24) is 30.2 Å². The Morgan fingerprint density at radius 3 is 2.00 bits per heavy atom. The van der Waals surface area contributed by atoms with Crippen LogP contribution in [0.3, 0.4) is 0 Å². The zero-order valence-electron chi connectivity index (χ0n) is 29.1. The minimum absolute atomic E-state index is 0.165.